The summed E-state index contributed by atoms with van der Waals surface area (Å²) in [6, 6.07) is 8.20. The van der Waals surface area contributed by atoms with Crippen molar-refractivity contribution in [3.05, 3.63) is 63.8 Å². The van der Waals surface area contributed by atoms with E-state index in [4.69, 9.17) is 10.2 Å². The number of nitrogens with zero attached hydrogens (tertiary/aromatic N) is 1. The smallest absolute Gasteiger partial charge is 0.141 e. The van der Waals surface area contributed by atoms with Crippen LogP contribution in [0.1, 0.15) is 23.1 Å². The number of rotatable bonds is 2. The molecule has 0 saturated carbocycles. The van der Waals surface area contributed by atoms with Crippen LogP contribution in [0.25, 0.3) is 11.0 Å². The number of aromatic nitrogens is 1. The van der Waals surface area contributed by atoms with E-state index in [1.54, 1.807) is 6.07 Å². The predicted molar refractivity (Wildman–Crippen MR) is 78.9 cm³/mol. The number of fused-ring (bicyclic) bond motifs is 1. The maximum Gasteiger partial charge on any atom is 0.141 e. The molecule has 0 radical (unpaired) electrons. The van der Waals surface area contributed by atoms with Crippen LogP contribution < -0.4 is 5.73 Å². The van der Waals surface area contributed by atoms with Crippen molar-refractivity contribution in [2.24, 2.45) is 5.73 Å². The Morgan fingerprint density at radius 3 is 2.80 bits per heavy atom. The molecule has 1 aromatic carbocycles. The number of benzene rings is 1. The molecule has 1 atom stereocenters. The van der Waals surface area contributed by atoms with Gasteiger partial charge in [0.2, 0.25) is 0 Å². The Morgan fingerprint density at radius 2 is 2.10 bits per heavy atom. The second-order valence-corrected chi connectivity index (χ2v) is 5.53. The van der Waals surface area contributed by atoms with Crippen LogP contribution in [-0.4, -0.2) is 4.98 Å². The van der Waals surface area contributed by atoms with Crippen LogP contribution in [0.2, 0.25) is 0 Å². The van der Waals surface area contributed by atoms with Gasteiger partial charge in [0, 0.05) is 15.4 Å². The number of nitrogens with two attached hydrogens (primary N) is 1. The molecule has 0 amide bonds. The third-order valence-electron chi connectivity index (χ3n) is 3.29. The summed E-state index contributed by atoms with van der Waals surface area (Å²) >= 11 is 3.44. The second kappa shape index (κ2) is 5.00. The normalized spacial score (nSPS) is 12.8. The number of pyridine rings is 1. The van der Waals surface area contributed by atoms with Crippen LogP contribution in [0, 0.1) is 12.7 Å². The van der Waals surface area contributed by atoms with Gasteiger partial charge in [0.05, 0.1) is 11.9 Å². The van der Waals surface area contributed by atoms with Gasteiger partial charge in [-0.3, -0.25) is 4.98 Å². The lowest BCUT2D eigenvalue weighted by molar-refractivity contribution is 0.515. The van der Waals surface area contributed by atoms with Gasteiger partial charge in [0.1, 0.15) is 23.2 Å². The third-order valence-corrected chi connectivity index (χ3v) is 3.78. The maximum absolute atomic E-state index is 12.9. The van der Waals surface area contributed by atoms with Crippen molar-refractivity contribution in [1.82, 2.24) is 4.98 Å². The van der Waals surface area contributed by atoms with Gasteiger partial charge in [-0.2, -0.15) is 0 Å². The summed E-state index contributed by atoms with van der Waals surface area (Å²) in [4.78, 5) is 4.01. The zero-order chi connectivity index (χ0) is 14.3. The lowest BCUT2D eigenvalue weighted by Gasteiger charge is -2.09. The van der Waals surface area contributed by atoms with E-state index in [1.807, 2.05) is 25.1 Å². The molecule has 2 aromatic heterocycles. The lowest BCUT2D eigenvalue weighted by Crippen LogP contribution is -2.13. The first kappa shape index (κ1) is 13.3. The van der Waals surface area contributed by atoms with Gasteiger partial charge in [0.25, 0.3) is 0 Å². The third kappa shape index (κ3) is 2.23. The molecule has 2 heterocycles. The molecular formula is C15H12BrFN2O. The first-order chi connectivity index (χ1) is 9.56. The molecule has 0 aliphatic rings. The van der Waals surface area contributed by atoms with Gasteiger partial charge >= 0.3 is 0 Å². The highest BCUT2D eigenvalue weighted by molar-refractivity contribution is 9.10. The first-order valence-electron chi connectivity index (χ1n) is 6.12. The number of hydrogen-bond acceptors (Lipinski definition) is 3. The summed E-state index contributed by atoms with van der Waals surface area (Å²) in [6.07, 6.45) is 1.16. The van der Waals surface area contributed by atoms with Crippen molar-refractivity contribution in [2.45, 2.75) is 13.0 Å². The van der Waals surface area contributed by atoms with Crippen molar-refractivity contribution in [3.8, 4) is 0 Å². The maximum atomic E-state index is 12.9. The van der Waals surface area contributed by atoms with E-state index in [0.29, 0.717) is 11.5 Å². The molecule has 5 heteroatoms. The Kier molecular flexibility index (Phi) is 3.31. The molecule has 0 spiro atoms. The highest BCUT2D eigenvalue weighted by Crippen LogP contribution is 2.32. The molecule has 20 heavy (non-hydrogen) atoms. The number of hydrogen-bond donors (Lipinski definition) is 1. The fraction of sp³-hybridized carbons (Fsp3) is 0.133. The molecule has 0 fully saturated rings. The second-order valence-electron chi connectivity index (χ2n) is 4.61. The van der Waals surface area contributed by atoms with Crippen LogP contribution >= 0.6 is 15.9 Å². The molecule has 0 bridgehead atoms. The minimum absolute atomic E-state index is 0.383. The monoisotopic (exact) mass is 334 g/mol. The van der Waals surface area contributed by atoms with Crippen LogP contribution in [0.5, 0.6) is 0 Å². The standard InChI is InChI=1S/C15H12BrFN2O/c1-8-11-6-9(16)2-5-13(11)20-15(8)14(18)12-4-3-10(17)7-19-12/h2-7,14H,18H2,1H3. The van der Waals surface area contributed by atoms with Crippen LogP contribution in [0.4, 0.5) is 4.39 Å². The molecule has 3 nitrogen and oxygen atoms in total. The Morgan fingerprint density at radius 1 is 1.30 bits per heavy atom. The topological polar surface area (TPSA) is 52.0 Å². The van der Waals surface area contributed by atoms with Gasteiger partial charge < -0.3 is 10.2 Å². The molecule has 0 aliphatic carbocycles. The molecular weight excluding hydrogens is 323 g/mol. The molecule has 1 unspecified atom stereocenters. The SMILES string of the molecule is Cc1c(C(N)c2ccc(F)cn2)oc2ccc(Br)cc12. The first-order valence-corrected chi connectivity index (χ1v) is 6.91. The summed E-state index contributed by atoms with van der Waals surface area (Å²) in [6.45, 7) is 1.96. The average molecular weight is 335 g/mol. The van der Waals surface area contributed by atoms with E-state index in [2.05, 4.69) is 20.9 Å². The van der Waals surface area contributed by atoms with Crippen molar-refractivity contribution in [2.75, 3.05) is 0 Å². The van der Waals surface area contributed by atoms with E-state index in [0.717, 1.165) is 27.2 Å². The number of aryl methyl sites for hydroxylation is 1. The largest absolute Gasteiger partial charge is 0.459 e. The summed E-state index contributed by atoms with van der Waals surface area (Å²) in [5.74, 6) is 0.267. The Bertz CT molecular complexity index is 767. The van der Waals surface area contributed by atoms with E-state index >= 15 is 0 Å². The fourth-order valence-electron chi connectivity index (χ4n) is 2.21. The zero-order valence-electron chi connectivity index (χ0n) is 10.7. The number of furan rings is 1. The highest BCUT2D eigenvalue weighted by Gasteiger charge is 2.19. The van der Waals surface area contributed by atoms with Crippen molar-refractivity contribution < 1.29 is 8.81 Å². The van der Waals surface area contributed by atoms with E-state index in [9.17, 15) is 4.39 Å². The highest BCUT2D eigenvalue weighted by atomic mass is 79.9. The summed E-state index contributed by atoms with van der Waals surface area (Å²) in [5.41, 5.74) is 8.50. The molecule has 3 aromatic rings. The van der Waals surface area contributed by atoms with E-state index in [-0.39, 0.29) is 5.82 Å². The minimum atomic E-state index is -0.512. The number of halogens is 2. The summed E-state index contributed by atoms with van der Waals surface area (Å²) in [7, 11) is 0. The van der Waals surface area contributed by atoms with Crippen LogP contribution in [-0.2, 0) is 0 Å². The Hall–Kier alpha value is -1.72. The van der Waals surface area contributed by atoms with Crippen LogP contribution in [0.15, 0.2) is 45.4 Å². The molecule has 3 rings (SSSR count). The minimum Gasteiger partial charge on any atom is -0.459 e. The van der Waals surface area contributed by atoms with E-state index < -0.39 is 6.04 Å². The van der Waals surface area contributed by atoms with E-state index in [1.165, 1.54) is 6.07 Å². The average Bonchev–Trinajstić information content (AvgIpc) is 2.76. The summed E-state index contributed by atoms with van der Waals surface area (Å²) < 4.78 is 19.7. The Balaban J connectivity index is 2.09. The van der Waals surface area contributed by atoms with Gasteiger partial charge in [-0.15, -0.1) is 0 Å². The van der Waals surface area contributed by atoms with Gasteiger partial charge in [0.15, 0.2) is 0 Å². The van der Waals surface area contributed by atoms with Crippen molar-refractivity contribution >= 4 is 26.9 Å². The molecule has 0 aliphatic heterocycles. The quantitative estimate of drug-likeness (QED) is 0.768. The molecule has 2 N–H and O–H groups in total. The van der Waals surface area contributed by atoms with Gasteiger partial charge in [-0.05, 0) is 37.3 Å². The fourth-order valence-corrected chi connectivity index (χ4v) is 2.58. The summed E-state index contributed by atoms with van der Waals surface area (Å²) in [5, 5.41) is 1.01. The predicted octanol–water partition coefficient (Wildman–Crippen LogP) is 4.09. The van der Waals surface area contributed by atoms with Crippen LogP contribution in [0.3, 0.4) is 0 Å². The molecule has 102 valence electrons. The Labute approximate surface area is 123 Å². The van der Waals surface area contributed by atoms with Crippen molar-refractivity contribution in [1.29, 1.82) is 0 Å². The van der Waals surface area contributed by atoms with Gasteiger partial charge in [-0.1, -0.05) is 15.9 Å². The van der Waals surface area contributed by atoms with Gasteiger partial charge in [-0.25, -0.2) is 4.39 Å². The zero-order valence-corrected chi connectivity index (χ0v) is 12.3. The van der Waals surface area contributed by atoms with Crippen molar-refractivity contribution in [3.63, 3.8) is 0 Å². The lowest BCUT2D eigenvalue weighted by atomic mass is 10.1. The molecule has 0 saturated heterocycles.